The molecular formula is C16H20N6O2. The minimum Gasteiger partial charge on any atom is -0.352 e. The number of imidazole rings is 1. The second-order valence-corrected chi connectivity index (χ2v) is 6.41. The van der Waals surface area contributed by atoms with Crippen LogP contribution in [-0.4, -0.2) is 76.0 Å². The van der Waals surface area contributed by atoms with Crippen molar-refractivity contribution in [3.8, 4) is 0 Å². The molecule has 0 radical (unpaired) electrons. The summed E-state index contributed by atoms with van der Waals surface area (Å²) < 4.78 is 1.76. The normalized spacial score (nSPS) is 21.8. The highest BCUT2D eigenvalue weighted by molar-refractivity contribution is 5.89. The molecule has 2 aromatic rings. The molecule has 2 amide bonds. The summed E-state index contributed by atoms with van der Waals surface area (Å²) in [7, 11) is 1.76. The molecule has 0 spiro atoms. The highest BCUT2D eigenvalue weighted by Crippen LogP contribution is 2.20. The zero-order valence-corrected chi connectivity index (χ0v) is 13.6. The summed E-state index contributed by atoms with van der Waals surface area (Å²) in [6.45, 7) is 3.36. The Bertz CT molecular complexity index is 780. The van der Waals surface area contributed by atoms with Gasteiger partial charge in [-0.2, -0.15) is 0 Å². The van der Waals surface area contributed by atoms with Crippen LogP contribution in [-0.2, 0) is 9.59 Å². The molecule has 2 aliphatic rings. The van der Waals surface area contributed by atoms with Crippen LogP contribution in [0.5, 0.6) is 0 Å². The van der Waals surface area contributed by atoms with Crippen LogP contribution in [0.25, 0.3) is 5.65 Å². The van der Waals surface area contributed by atoms with Gasteiger partial charge in [0.15, 0.2) is 5.65 Å². The van der Waals surface area contributed by atoms with E-state index in [0.717, 1.165) is 24.6 Å². The first-order valence-electron chi connectivity index (χ1n) is 8.20. The number of fused-ring (bicyclic) bond motifs is 1. The Labute approximate surface area is 139 Å². The van der Waals surface area contributed by atoms with Crippen molar-refractivity contribution < 1.29 is 9.59 Å². The number of piperazine rings is 1. The van der Waals surface area contributed by atoms with E-state index in [-0.39, 0.29) is 17.7 Å². The first kappa shape index (κ1) is 14.9. The molecule has 0 aliphatic carbocycles. The van der Waals surface area contributed by atoms with Crippen LogP contribution in [0.4, 0.5) is 5.82 Å². The third-order valence-corrected chi connectivity index (χ3v) is 4.85. The van der Waals surface area contributed by atoms with E-state index in [2.05, 4.69) is 15.0 Å². The van der Waals surface area contributed by atoms with Gasteiger partial charge in [-0.3, -0.25) is 9.59 Å². The number of hydrogen-bond donors (Lipinski definition) is 0. The molecule has 126 valence electrons. The minimum atomic E-state index is -0.186. The van der Waals surface area contributed by atoms with Gasteiger partial charge in [-0.1, -0.05) is 0 Å². The van der Waals surface area contributed by atoms with Gasteiger partial charge >= 0.3 is 0 Å². The molecule has 1 atom stereocenters. The lowest BCUT2D eigenvalue weighted by Crippen LogP contribution is -2.51. The summed E-state index contributed by atoms with van der Waals surface area (Å²) in [6.07, 6.45) is 3.89. The van der Waals surface area contributed by atoms with Gasteiger partial charge < -0.3 is 14.7 Å². The van der Waals surface area contributed by atoms with E-state index in [9.17, 15) is 9.59 Å². The summed E-state index contributed by atoms with van der Waals surface area (Å²) in [4.78, 5) is 34.1. The number of carbonyl (C=O) groups excluding carboxylic acids is 2. The van der Waals surface area contributed by atoms with Gasteiger partial charge in [0.05, 0.1) is 5.92 Å². The number of rotatable bonds is 2. The number of aromatic nitrogens is 3. The van der Waals surface area contributed by atoms with E-state index in [1.54, 1.807) is 22.7 Å². The average molecular weight is 328 g/mol. The van der Waals surface area contributed by atoms with E-state index in [1.807, 2.05) is 23.2 Å². The van der Waals surface area contributed by atoms with Crippen molar-refractivity contribution >= 4 is 23.3 Å². The summed E-state index contributed by atoms with van der Waals surface area (Å²) in [6, 6.07) is 3.91. The highest BCUT2D eigenvalue weighted by Gasteiger charge is 2.35. The number of anilines is 1. The standard InChI is InChI=1S/C16H20N6O2/c1-19-11-12(10-15(19)23)16(24)21-8-6-20(7-9-21)14-3-2-13-17-4-5-22(13)18-14/h2-5,12H,6-11H2,1H3/t12-/m0/s1. The van der Waals surface area contributed by atoms with Crippen molar-refractivity contribution in [1.82, 2.24) is 24.4 Å². The Morgan fingerprint density at radius 1 is 1.21 bits per heavy atom. The van der Waals surface area contributed by atoms with Crippen LogP contribution >= 0.6 is 0 Å². The molecule has 4 heterocycles. The van der Waals surface area contributed by atoms with Crippen LogP contribution in [0.1, 0.15) is 6.42 Å². The van der Waals surface area contributed by atoms with E-state index < -0.39 is 0 Å². The topological polar surface area (TPSA) is 74.1 Å². The van der Waals surface area contributed by atoms with Crippen LogP contribution in [0.3, 0.4) is 0 Å². The predicted octanol–water partition coefficient (Wildman–Crippen LogP) is -0.144. The molecule has 4 rings (SSSR count). The van der Waals surface area contributed by atoms with Crippen molar-refractivity contribution in [2.45, 2.75) is 6.42 Å². The van der Waals surface area contributed by atoms with Crippen molar-refractivity contribution in [3.63, 3.8) is 0 Å². The second-order valence-electron chi connectivity index (χ2n) is 6.41. The molecule has 0 N–H and O–H groups in total. The zero-order chi connectivity index (χ0) is 16.7. The van der Waals surface area contributed by atoms with Crippen molar-refractivity contribution in [2.24, 2.45) is 5.92 Å². The third-order valence-electron chi connectivity index (χ3n) is 4.85. The number of nitrogens with zero attached hydrogens (tertiary/aromatic N) is 6. The summed E-state index contributed by atoms with van der Waals surface area (Å²) >= 11 is 0. The molecule has 2 fully saturated rings. The lowest BCUT2D eigenvalue weighted by atomic mass is 10.1. The van der Waals surface area contributed by atoms with Gasteiger partial charge in [-0.05, 0) is 12.1 Å². The van der Waals surface area contributed by atoms with Crippen molar-refractivity contribution in [3.05, 3.63) is 24.5 Å². The van der Waals surface area contributed by atoms with E-state index in [1.165, 1.54) is 0 Å². The molecule has 0 aromatic carbocycles. The second kappa shape index (κ2) is 5.77. The number of amides is 2. The number of hydrogen-bond acceptors (Lipinski definition) is 5. The van der Waals surface area contributed by atoms with Crippen LogP contribution in [0.15, 0.2) is 24.5 Å². The van der Waals surface area contributed by atoms with E-state index in [4.69, 9.17) is 0 Å². The molecule has 0 bridgehead atoms. The number of likely N-dealkylation sites (tertiary alicyclic amines) is 1. The largest absolute Gasteiger partial charge is 0.352 e. The maximum absolute atomic E-state index is 12.6. The molecule has 2 saturated heterocycles. The fourth-order valence-corrected chi connectivity index (χ4v) is 3.42. The fraction of sp³-hybridized carbons (Fsp3) is 0.500. The molecule has 8 heteroatoms. The van der Waals surface area contributed by atoms with Crippen molar-refractivity contribution in [2.75, 3.05) is 44.7 Å². The number of carbonyl (C=O) groups is 2. The zero-order valence-electron chi connectivity index (χ0n) is 13.6. The molecule has 24 heavy (non-hydrogen) atoms. The molecule has 8 nitrogen and oxygen atoms in total. The molecule has 2 aromatic heterocycles. The smallest absolute Gasteiger partial charge is 0.228 e. The Morgan fingerprint density at radius 2 is 2.00 bits per heavy atom. The Balaban J connectivity index is 1.39. The lowest BCUT2D eigenvalue weighted by Gasteiger charge is -2.36. The molecular weight excluding hydrogens is 308 g/mol. The van der Waals surface area contributed by atoms with Crippen LogP contribution < -0.4 is 4.90 Å². The maximum atomic E-state index is 12.6. The third kappa shape index (κ3) is 2.57. The van der Waals surface area contributed by atoms with E-state index in [0.29, 0.717) is 26.1 Å². The molecule has 2 aliphatic heterocycles. The molecule has 0 unspecified atom stereocenters. The quantitative estimate of drug-likeness (QED) is 0.767. The van der Waals surface area contributed by atoms with Crippen LogP contribution in [0.2, 0.25) is 0 Å². The van der Waals surface area contributed by atoms with Crippen LogP contribution in [0, 0.1) is 5.92 Å². The van der Waals surface area contributed by atoms with E-state index >= 15 is 0 Å². The first-order chi connectivity index (χ1) is 11.6. The van der Waals surface area contributed by atoms with Gasteiger partial charge in [0.1, 0.15) is 5.82 Å². The Morgan fingerprint density at radius 3 is 2.71 bits per heavy atom. The predicted molar refractivity (Wildman–Crippen MR) is 87.5 cm³/mol. The molecule has 0 saturated carbocycles. The summed E-state index contributed by atoms with van der Waals surface area (Å²) in [5.41, 5.74) is 0.822. The SMILES string of the molecule is CN1C[C@@H](C(=O)N2CCN(c3ccc4nccn4n3)CC2)CC1=O. The summed E-state index contributed by atoms with van der Waals surface area (Å²) in [5, 5.41) is 4.55. The lowest BCUT2D eigenvalue weighted by molar-refractivity contribution is -0.136. The minimum absolute atomic E-state index is 0.0600. The van der Waals surface area contributed by atoms with Crippen molar-refractivity contribution in [1.29, 1.82) is 0 Å². The highest BCUT2D eigenvalue weighted by atomic mass is 16.2. The monoisotopic (exact) mass is 328 g/mol. The summed E-state index contributed by atoms with van der Waals surface area (Å²) in [5.74, 6) is 0.869. The fourth-order valence-electron chi connectivity index (χ4n) is 3.42. The van der Waals surface area contributed by atoms with Gasteiger partial charge in [-0.25, -0.2) is 9.50 Å². The van der Waals surface area contributed by atoms with Gasteiger partial charge in [0, 0.05) is 58.6 Å². The Kier molecular flexibility index (Phi) is 3.59. The van der Waals surface area contributed by atoms with Gasteiger partial charge in [0.25, 0.3) is 0 Å². The maximum Gasteiger partial charge on any atom is 0.228 e. The van der Waals surface area contributed by atoms with Gasteiger partial charge in [-0.15, -0.1) is 5.10 Å². The average Bonchev–Trinajstić information content (AvgIpc) is 3.20. The Hall–Kier alpha value is -2.64. The van der Waals surface area contributed by atoms with Gasteiger partial charge in [0.2, 0.25) is 11.8 Å². The first-order valence-corrected chi connectivity index (χ1v) is 8.20.